The minimum absolute atomic E-state index is 0.284. The second-order valence-corrected chi connectivity index (χ2v) is 5.11. The van der Waals surface area contributed by atoms with Crippen LogP contribution in [0.2, 0.25) is 0 Å². The lowest BCUT2D eigenvalue weighted by atomic mass is 10.0. The van der Waals surface area contributed by atoms with Gasteiger partial charge in [-0.25, -0.2) is 4.98 Å². The predicted molar refractivity (Wildman–Crippen MR) is 64.4 cm³/mol. The normalized spacial score (nSPS) is 25.1. The third-order valence-corrected chi connectivity index (χ3v) is 4.08. The molecule has 0 saturated heterocycles. The van der Waals surface area contributed by atoms with Gasteiger partial charge >= 0.3 is 0 Å². The molecule has 16 heavy (non-hydrogen) atoms. The van der Waals surface area contributed by atoms with Crippen molar-refractivity contribution in [2.75, 3.05) is 0 Å². The fourth-order valence-corrected chi connectivity index (χ4v) is 3.18. The van der Waals surface area contributed by atoms with Gasteiger partial charge in [-0.05, 0) is 25.0 Å². The van der Waals surface area contributed by atoms with Crippen LogP contribution in [0.3, 0.4) is 0 Å². The smallest absolute Gasteiger partial charge is 0.162 e. The van der Waals surface area contributed by atoms with Crippen LogP contribution in [0.1, 0.15) is 30.9 Å². The second kappa shape index (κ2) is 4.03. The lowest BCUT2D eigenvalue weighted by Crippen LogP contribution is -2.22. The Hall–Kier alpha value is -1.13. The molecule has 1 aliphatic rings. The maximum absolute atomic E-state index is 6.08. The zero-order chi connectivity index (χ0) is 11.0. The summed E-state index contributed by atoms with van der Waals surface area (Å²) in [5.74, 6) is 1.29. The largest absolute Gasteiger partial charge is 0.462 e. The van der Waals surface area contributed by atoms with Gasteiger partial charge in [-0.15, -0.1) is 11.3 Å². The molecule has 2 aromatic heterocycles. The highest BCUT2D eigenvalue weighted by Gasteiger charge is 2.27. The topological polar surface area (TPSA) is 52.0 Å². The van der Waals surface area contributed by atoms with Gasteiger partial charge in [0, 0.05) is 17.3 Å². The molecular weight excluding hydrogens is 220 g/mol. The zero-order valence-electron chi connectivity index (χ0n) is 8.93. The highest BCUT2D eigenvalue weighted by Crippen LogP contribution is 2.35. The van der Waals surface area contributed by atoms with E-state index in [1.807, 2.05) is 12.1 Å². The number of hydrogen-bond donors (Lipinski definition) is 1. The predicted octanol–water partition coefficient (Wildman–Crippen LogP) is 3.00. The van der Waals surface area contributed by atoms with Gasteiger partial charge in [0.15, 0.2) is 10.8 Å². The van der Waals surface area contributed by atoms with Crippen LogP contribution in [-0.4, -0.2) is 11.0 Å². The summed E-state index contributed by atoms with van der Waals surface area (Å²) in [5, 5.41) is 3.08. The van der Waals surface area contributed by atoms with E-state index in [-0.39, 0.29) is 6.04 Å². The van der Waals surface area contributed by atoms with Crippen LogP contribution < -0.4 is 5.73 Å². The molecular formula is C12H14N2OS. The van der Waals surface area contributed by atoms with E-state index in [4.69, 9.17) is 10.2 Å². The average Bonchev–Trinajstić information content (AvgIpc) is 2.96. The third kappa shape index (κ3) is 1.68. The first-order valence-corrected chi connectivity index (χ1v) is 6.47. The molecule has 0 aliphatic heterocycles. The van der Waals surface area contributed by atoms with Crippen molar-refractivity contribution in [3.8, 4) is 10.8 Å². The Labute approximate surface area is 98.3 Å². The zero-order valence-corrected chi connectivity index (χ0v) is 9.74. The van der Waals surface area contributed by atoms with E-state index in [2.05, 4.69) is 10.4 Å². The minimum Gasteiger partial charge on any atom is -0.462 e. The molecule has 0 radical (unpaired) electrons. The Bertz CT molecular complexity index is 463. The highest BCUT2D eigenvalue weighted by atomic mass is 32.1. The van der Waals surface area contributed by atoms with E-state index in [1.165, 1.54) is 12.8 Å². The average molecular weight is 234 g/mol. The van der Waals surface area contributed by atoms with Crippen LogP contribution in [-0.2, 0) is 0 Å². The van der Waals surface area contributed by atoms with Crippen LogP contribution >= 0.6 is 11.3 Å². The van der Waals surface area contributed by atoms with E-state index in [0.29, 0.717) is 5.92 Å². The van der Waals surface area contributed by atoms with Crippen LogP contribution in [0.25, 0.3) is 10.8 Å². The first kappa shape index (κ1) is 10.1. The maximum atomic E-state index is 6.08. The van der Waals surface area contributed by atoms with Crippen LogP contribution in [0.4, 0.5) is 0 Å². The summed E-state index contributed by atoms with van der Waals surface area (Å²) in [6, 6.07) is 4.11. The van der Waals surface area contributed by atoms with Gasteiger partial charge in [-0.2, -0.15) is 0 Å². The second-order valence-electron chi connectivity index (χ2n) is 4.26. The molecule has 0 spiro atoms. The lowest BCUT2D eigenvalue weighted by molar-refractivity contribution is 0.578. The van der Waals surface area contributed by atoms with Gasteiger partial charge in [-0.1, -0.05) is 6.42 Å². The van der Waals surface area contributed by atoms with E-state index >= 15 is 0 Å². The fraction of sp³-hybridized carbons (Fsp3) is 0.417. The van der Waals surface area contributed by atoms with Gasteiger partial charge in [0.25, 0.3) is 0 Å². The monoisotopic (exact) mass is 234 g/mol. The molecule has 3 nitrogen and oxygen atoms in total. The molecule has 1 fully saturated rings. The third-order valence-electron chi connectivity index (χ3n) is 3.20. The number of nitrogens with two attached hydrogens (primary N) is 1. The molecule has 0 aromatic carbocycles. The molecule has 2 aromatic rings. The number of aromatic nitrogens is 1. The molecule has 3 rings (SSSR count). The van der Waals surface area contributed by atoms with Crippen molar-refractivity contribution in [3.63, 3.8) is 0 Å². The van der Waals surface area contributed by atoms with E-state index in [9.17, 15) is 0 Å². The summed E-state index contributed by atoms with van der Waals surface area (Å²) in [7, 11) is 0. The van der Waals surface area contributed by atoms with Crippen LogP contribution in [0.15, 0.2) is 28.2 Å². The van der Waals surface area contributed by atoms with Gasteiger partial charge in [-0.3, -0.25) is 0 Å². The van der Waals surface area contributed by atoms with Crippen molar-refractivity contribution >= 4 is 11.3 Å². The summed E-state index contributed by atoms with van der Waals surface area (Å²) in [6.07, 6.45) is 5.19. The highest BCUT2D eigenvalue weighted by molar-refractivity contribution is 7.13. The van der Waals surface area contributed by atoms with Crippen molar-refractivity contribution in [1.29, 1.82) is 0 Å². The lowest BCUT2D eigenvalue weighted by Gasteiger charge is -2.11. The maximum Gasteiger partial charge on any atom is 0.162 e. The quantitative estimate of drug-likeness (QED) is 0.869. The van der Waals surface area contributed by atoms with Crippen LogP contribution in [0.5, 0.6) is 0 Å². The molecule has 2 atom stereocenters. The van der Waals surface area contributed by atoms with E-state index in [0.717, 1.165) is 22.9 Å². The Morgan fingerprint density at radius 3 is 3.06 bits per heavy atom. The number of hydrogen-bond acceptors (Lipinski definition) is 4. The van der Waals surface area contributed by atoms with Gasteiger partial charge in [0.2, 0.25) is 0 Å². The SMILES string of the molecule is NC1CCCC1c1csc(-c2ccco2)n1. The summed E-state index contributed by atoms with van der Waals surface area (Å²) < 4.78 is 5.34. The Balaban J connectivity index is 1.88. The summed E-state index contributed by atoms with van der Waals surface area (Å²) in [5.41, 5.74) is 7.22. The molecule has 1 saturated carbocycles. The molecule has 84 valence electrons. The number of furan rings is 1. The van der Waals surface area contributed by atoms with Crippen LogP contribution in [0, 0.1) is 0 Å². The van der Waals surface area contributed by atoms with E-state index in [1.54, 1.807) is 17.6 Å². The Morgan fingerprint density at radius 2 is 2.38 bits per heavy atom. The van der Waals surface area contributed by atoms with Crippen molar-refractivity contribution in [2.24, 2.45) is 5.73 Å². The standard InChI is InChI=1S/C12H14N2OS/c13-9-4-1-3-8(9)10-7-16-12(14-10)11-5-2-6-15-11/h2,5-9H,1,3-4,13H2. The van der Waals surface area contributed by atoms with Gasteiger partial charge < -0.3 is 10.2 Å². The number of rotatable bonds is 2. The minimum atomic E-state index is 0.284. The van der Waals surface area contributed by atoms with Crippen molar-refractivity contribution in [2.45, 2.75) is 31.2 Å². The van der Waals surface area contributed by atoms with Crippen molar-refractivity contribution in [3.05, 3.63) is 29.5 Å². The summed E-state index contributed by atoms with van der Waals surface area (Å²) >= 11 is 1.64. The van der Waals surface area contributed by atoms with Crippen molar-refractivity contribution in [1.82, 2.24) is 4.98 Å². The molecule has 0 amide bonds. The number of thiazole rings is 1. The molecule has 4 heteroatoms. The molecule has 2 heterocycles. The van der Waals surface area contributed by atoms with Gasteiger partial charge in [0.1, 0.15) is 0 Å². The number of nitrogens with zero attached hydrogens (tertiary/aromatic N) is 1. The fourth-order valence-electron chi connectivity index (χ4n) is 2.33. The molecule has 0 bridgehead atoms. The Kier molecular flexibility index (Phi) is 2.53. The van der Waals surface area contributed by atoms with E-state index < -0.39 is 0 Å². The first-order chi connectivity index (χ1) is 7.84. The Morgan fingerprint density at radius 1 is 1.44 bits per heavy atom. The summed E-state index contributed by atoms with van der Waals surface area (Å²) in [4.78, 5) is 4.63. The first-order valence-electron chi connectivity index (χ1n) is 5.59. The molecule has 1 aliphatic carbocycles. The van der Waals surface area contributed by atoms with Gasteiger partial charge in [0.05, 0.1) is 12.0 Å². The summed E-state index contributed by atoms with van der Waals surface area (Å²) in [6.45, 7) is 0. The van der Waals surface area contributed by atoms with Crippen molar-refractivity contribution < 1.29 is 4.42 Å². The molecule has 2 N–H and O–H groups in total. The molecule has 2 unspecified atom stereocenters.